The minimum Gasteiger partial charge on any atom is -0.377 e. The van der Waals surface area contributed by atoms with E-state index in [0.29, 0.717) is 24.8 Å². The molecule has 118 valence electrons. The first-order chi connectivity index (χ1) is 10.2. The monoisotopic (exact) mass is 292 g/mol. The number of nitrogens with one attached hydrogen (secondary N) is 2. The molecule has 0 bridgehead atoms. The molecule has 0 aromatic heterocycles. The quantitative estimate of drug-likeness (QED) is 0.652. The summed E-state index contributed by atoms with van der Waals surface area (Å²) in [6.07, 6.45) is 2.11. The van der Waals surface area contributed by atoms with E-state index >= 15 is 0 Å². The average Bonchev–Trinajstić information content (AvgIpc) is 2.52. The third kappa shape index (κ3) is 7.25. The Balaban J connectivity index is 2.30. The van der Waals surface area contributed by atoms with Crippen molar-refractivity contribution in [2.45, 2.75) is 46.3 Å². The number of hydrogen-bond donors (Lipinski definition) is 2. The van der Waals surface area contributed by atoms with Gasteiger partial charge in [-0.25, -0.2) is 0 Å². The molecule has 1 unspecified atom stereocenters. The van der Waals surface area contributed by atoms with Crippen molar-refractivity contribution in [3.8, 4) is 0 Å². The predicted octanol–water partition coefficient (Wildman–Crippen LogP) is 2.73. The van der Waals surface area contributed by atoms with E-state index in [0.717, 1.165) is 31.6 Å². The van der Waals surface area contributed by atoms with Crippen molar-refractivity contribution in [3.63, 3.8) is 0 Å². The van der Waals surface area contributed by atoms with Gasteiger partial charge in [0.05, 0.1) is 6.61 Å². The molecule has 0 saturated heterocycles. The van der Waals surface area contributed by atoms with Crippen molar-refractivity contribution in [2.75, 3.05) is 19.7 Å². The van der Waals surface area contributed by atoms with Gasteiger partial charge in [0.1, 0.15) is 0 Å². The highest BCUT2D eigenvalue weighted by molar-refractivity contribution is 5.94. The van der Waals surface area contributed by atoms with Gasteiger partial charge in [-0.1, -0.05) is 26.0 Å². The Morgan fingerprint density at radius 2 is 1.90 bits per heavy atom. The van der Waals surface area contributed by atoms with E-state index in [4.69, 9.17) is 4.74 Å². The van der Waals surface area contributed by atoms with Gasteiger partial charge in [-0.2, -0.15) is 0 Å². The minimum absolute atomic E-state index is 0.0259. The molecule has 0 spiro atoms. The lowest BCUT2D eigenvalue weighted by atomic mass is 10.1. The van der Waals surface area contributed by atoms with Crippen LogP contribution in [0.15, 0.2) is 24.3 Å². The molecule has 0 aliphatic carbocycles. The zero-order valence-corrected chi connectivity index (χ0v) is 13.4. The molecule has 2 N–H and O–H groups in total. The van der Waals surface area contributed by atoms with E-state index in [1.165, 1.54) is 0 Å². The molecule has 0 saturated carbocycles. The topological polar surface area (TPSA) is 50.4 Å². The largest absolute Gasteiger partial charge is 0.377 e. The lowest BCUT2D eigenvalue weighted by Crippen LogP contribution is -2.35. The smallest absolute Gasteiger partial charge is 0.251 e. The summed E-state index contributed by atoms with van der Waals surface area (Å²) in [7, 11) is 0. The lowest BCUT2D eigenvalue weighted by Gasteiger charge is -2.11. The first-order valence-electron chi connectivity index (χ1n) is 7.85. The van der Waals surface area contributed by atoms with Gasteiger partial charge in [0.25, 0.3) is 5.91 Å². The molecule has 1 aromatic carbocycles. The molecule has 1 atom stereocenters. The molecule has 0 radical (unpaired) electrons. The van der Waals surface area contributed by atoms with E-state index in [1.54, 1.807) is 0 Å². The first kappa shape index (κ1) is 17.7. The second-order valence-electron chi connectivity index (χ2n) is 5.27. The standard InChI is InChI=1S/C17H28N2O2/c1-4-12-21-13-15-6-8-16(9-7-15)17(20)19-11-10-18-14(3)5-2/h6-9,14,18H,4-5,10-13H2,1-3H3,(H,19,20). The van der Waals surface area contributed by atoms with Gasteiger partial charge in [-0.15, -0.1) is 0 Å². The molecular weight excluding hydrogens is 264 g/mol. The van der Waals surface area contributed by atoms with Crippen LogP contribution in [0.25, 0.3) is 0 Å². The summed E-state index contributed by atoms with van der Waals surface area (Å²) in [6.45, 7) is 9.18. The van der Waals surface area contributed by atoms with Gasteiger partial charge in [-0.05, 0) is 37.5 Å². The summed E-state index contributed by atoms with van der Waals surface area (Å²) < 4.78 is 5.47. The van der Waals surface area contributed by atoms with Crippen LogP contribution in [0.3, 0.4) is 0 Å². The van der Waals surface area contributed by atoms with Crippen molar-refractivity contribution in [1.82, 2.24) is 10.6 Å². The van der Waals surface area contributed by atoms with Crippen molar-refractivity contribution >= 4 is 5.91 Å². The van der Waals surface area contributed by atoms with Gasteiger partial charge in [-0.3, -0.25) is 4.79 Å². The molecule has 4 heteroatoms. The Morgan fingerprint density at radius 3 is 2.52 bits per heavy atom. The van der Waals surface area contributed by atoms with Crippen molar-refractivity contribution in [3.05, 3.63) is 35.4 Å². The molecular formula is C17H28N2O2. The molecule has 0 aliphatic rings. The molecule has 0 heterocycles. The number of benzene rings is 1. The highest BCUT2D eigenvalue weighted by Gasteiger charge is 2.05. The van der Waals surface area contributed by atoms with E-state index in [1.807, 2.05) is 24.3 Å². The summed E-state index contributed by atoms with van der Waals surface area (Å²) in [5.74, 6) is -0.0259. The maximum Gasteiger partial charge on any atom is 0.251 e. The van der Waals surface area contributed by atoms with Crippen LogP contribution in [0.2, 0.25) is 0 Å². The third-order valence-corrected chi connectivity index (χ3v) is 3.35. The third-order valence-electron chi connectivity index (χ3n) is 3.35. The molecule has 0 fully saturated rings. The fourth-order valence-electron chi connectivity index (χ4n) is 1.83. The van der Waals surface area contributed by atoms with Crippen LogP contribution in [0.4, 0.5) is 0 Å². The zero-order chi connectivity index (χ0) is 15.5. The van der Waals surface area contributed by atoms with Crippen LogP contribution in [0.1, 0.15) is 49.5 Å². The summed E-state index contributed by atoms with van der Waals surface area (Å²) >= 11 is 0. The first-order valence-corrected chi connectivity index (χ1v) is 7.85. The Hall–Kier alpha value is -1.39. The SMILES string of the molecule is CCCOCc1ccc(C(=O)NCCNC(C)CC)cc1. The summed E-state index contributed by atoms with van der Waals surface area (Å²) in [5, 5.41) is 6.26. The average molecular weight is 292 g/mol. The van der Waals surface area contributed by atoms with Gasteiger partial charge >= 0.3 is 0 Å². The van der Waals surface area contributed by atoms with Gasteiger partial charge in [0.2, 0.25) is 0 Å². The number of carbonyl (C=O) groups is 1. The van der Waals surface area contributed by atoms with E-state index in [-0.39, 0.29) is 5.91 Å². The lowest BCUT2D eigenvalue weighted by molar-refractivity contribution is 0.0953. The second kappa shape index (κ2) is 10.4. The Morgan fingerprint density at radius 1 is 1.19 bits per heavy atom. The molecule has 1 amide bonds. The number of carbonyl (C=O) groups excluding carboxylic acids is 1. The van der Waals surface area contributed by atoms with E-state index < -0.39 is 0 Å². The number of rotatable bonds is 10. The highest BCUT2D eigenvalue weighted by Crippen LogP contribution is 2.06. The fraction of sp³-hybridized carbons (Fsp3) is 0.588. The number of hydrogen-bond acceptors (Lipinski definition) is 3. The zero-order valence-electron chi connectivity index (χ0n) is 13.4. The van der Waals surface area contributed by atoms with Crippen molar-refractivity contribution in [1.29, 1.82) is 0 Å². The Labute approximate surface area is 128 Å². The van der Waals surface area contributed by atoms with Crippen LogP contribution in [-0.2, 0) is 11.3 Å². The molecule has 1 rings (SSSR count). The van der Waals surface area contributed by atoms with E-state index in [2.05, 4.69) is 31.4 Å². The highest BCUT2D eigenvalue weighted by atomic mass is 16.5. The maximum absolute atomic E-state index is 12.0. The Bertz CT molecular complexity index is 404. The molecule has 21 heavy (non-hydrogen) atoms. The van der Waals surface area contributed by atoms with Gasteiger partial charge in [0, 0.05) is 31.3 Å². The summed E-state index contributed by atoms with van der Waals surface area (Å²) in [5.41, 5.74) is 1.79. The molecule has 1 aromatic rings. The molecule has 0 aliphatic heterocycles. The molecule has 4 nitrogen and oxygen atoms in total. The van der Waals surface area contributed by atoms with E-state index in [9.17, 15) is 4.79 Å². The van der Waals surface area contributed by atoms with Gasteiger partial charge in [0.15, 0.2) is 0 Å². The fourth-order valence-corrected chi connectivity index (χ4v) is 1.83. The second-order valence-corrected chi connectivity index (χ2v) is 5.27. The van der Waals surface area contributed by atoms with Crippen molar-refractivity contribution in [2.24, 2.45) is 0 Å². The summed E-state index contributed by atoms with van der Waals surface area (Å²) in [6, 6.07) is 8.08. The number of amides is 1. The number of ether oxygens (including phenoxy) is 1. The summed E-state index contributed by atoms with van der Waals surface area (Å²) in [4.78, 5) is 12.0. The van der Waals surface area contributed by atoms with Crippen LogP contribution in [-0.4, -0.2) is 31.6 Å². The van der Waals surface area contributed by atoms with Crippen LogP contribution < -0.4 is 10.6 Å². The normalized spacial score (nSPS) is 12.1. The van der Waals surface area contributed by atoms with Crippen LogP contribution >= 0.6 is 0 Å². The minimum atomic E-state index is -0.0259. The predicted molar refractivity (Wildman–Crippen MR) is 86.5 cm³/mol. The Kier molecular flexibility index (Phi) is 8.71. The maximum atomic E-state index is 12.0. The van der Waals surface area contributed by atoms with Crippen LogP contribution in [0.5, 0.6) is 0 Å². The van der Waals surface area contributed by atoms with Gasteiger partial charge < -0.3 is 15.4 Å². The van der Waals surface area contributed by atoms with Crippen molar-refractivity contribution < 1.29 is 9.53 Å². The van der Waals surface area contributed by atoms with Crippen LogP contribution in [0, 0.1) is 0 Å².